The van der Waals surface area contributed by atoms with Crippen molar-refractivity contribution in [3.8, 4) is 0 Å². The van der Waals surface area contributed by atoms with Gasteiger partial charge in [-0.05, 0) is 13.8 Å². The highest BCUT2D eigenvalue weighted by Crippen LogP contribution is 2.60. The Bertz CT molecular complexity index is 1630. The minimum atomic E-state index is -4.37. The molecule has 4 fully saturated rings. The average Bonchev–Trinajstić information content (AvgIpc) is 3.57. The first kappa shape index (κ1) is 28.4. The van der Waals surface area contributed by atoms with Crippen molar-refractivity contribution >= 4 is 7.82 Å². The lowest BCUT2D eigenvalue weighted by Gasteiger charge is -2.35. The van der Waals surface area contributed by atoms with E-state index in [0.29, 0.717) is 0 Å². The first-order valence-electron chi connectivity index (χ1n) is 12.9. The quantitative estimate of drug-likeness (QED) is 0.272. The van der Waals surface area contributed by atoms with Crippen molar-refractivity contribution in [2.75, 3.05) is 19.8 Å². The molecule has 0 aromatic carbocycles. The number of aliphatic hydroxyl groups excluding tert-OH is 2. The van der Waals surface area contributed by atoms with Gasteiger partial charge in [0, 0.05) is 36.4 Å². The third kappa shape index (κ3) is 4.80. The zero-order valence-electron chi connectivity index (χ0n) is 22.0. The molecule has 0 aliphatic carbocycles. The zero-order chi connectivity index (χ0) is 29.3. The summed E-state index contributed by atoms with van der Waals surface area (Å²) in [5.74, 6) is 0. The SMILES string of the molecule is Cc1cn([C@@H]2O[C@@]3(CO)CO[C@@H]2[C@@H]3O[P@@]2(=O)OCC[C@H]([C@@H]3O[C@@H](n4cc(C)c(=O)[nH]c4=O)C[C@@H]3O)O2)c(=O)[nH]c1=O. The number of H-pyrrole nitrogens is 2. The topological polar surface area (TPSA) is 223 Å². The van der Waals surface area contributed by atoms with Crippen LogP contribution in [0.2, 0.25) is 0 Å². The molecule has 4 aliphatic heterocycles. The molecule has 6 rings (SSSR count). The van der Waals surface area contributed by atoms with Crippen LogP contribution in [0.15, 0.2) is 31.6 Å². The van der Waals surface area contributed by atoms with Gasteiger partial charge in [0.15, 0.2) is 6.23 Å². The Balaban J connectivity index is 1.21. The second-order valence-corrected chi connectivity index (χ2v) is 12.1. The van der Waals surface area contributed by atoms with Crippen molar-refractivity contribution in [2.45, 2.75) is 75.3 Å². The van der Waals surface area contributed by atoms with E-state index in [1.807, 2.05) is 0 Å². The summed E-state index contributed by atoms with van der Waals surface area (Å²) < 4.78 is 50.6. The standard InChI is InChI=1S/C23H29N4O13P/c1-10-6-26(21(32)24-18(10)30)14-5-12(29)15(37-14)13-3-4-36-41(34,39-13)40-17-16-20(38-23(17,8-28)9-35-16)27-7-11(2)19(31)25-22(27)33/h6-7,12-17,20,28-29H,3-5,8-9H2,1-2H3,(H,24,30,32)(H,25,31,33)/t12-,13+,14+,15+,16+,17-,20+,23-,41-/m0/s1. The van der Waals surface area contributed by atoms with Crippen LogP contribution in [-0.4, -0.2) is 85.3 Å². The van der Waals surface area contributed by atoms with Gasteiger partial charge in [-0.15, -0.1) is 0 Å². The predicted molar refractivity (Wildman–Crippen MR) is 134 cm³/mol. The minimum absolute atomic E-state index is 0.00302. The van der Waals surface area contributed by atoms with E-state index in [1.54, 1.807) is 0 Å². The molecule has 0 spiro atoms. The molecule has 0 unspecified atom stereocenters. The lowest BCUT2D eigenvalue weighted by Crippen LogP contribution is -2.46. The first-order chi connectivity index (χ1) is 19.4. The van der Waals surface area contributed by atoms with Gasteiger partial charge >= 0.3 is 19.2 Å². The van der Waals surface area contributed by atoms with Crippen LogP contribution in [0.1, 0.15) is 36.4 Å². The number of aromatic nitrogens is 4. The fourth-order valence-corrected chi connectivity index (χ4v) is 7.24. The van der Waals surface area contributed by atoms with E-state index >= 15 is 0 Å². The number of phosphoric ester groups is 1. The van der Waals surface area contributed by atoms with Crippen molar-refractivity contribution in [1.29, 1.82) is 0 Å². The van der Waals surface area contributed by atoms with E-state index in [1.165, 1.54) is 26.2 Å². The third-order valence-corrected chi connectivity index (χ3v) is 9.29. The van der Waals surface area contributed by atoms with Crippen molar-refractivity contribution < 1.29 is 42.6 Å². The number of aliphatic hydroxyl groups is 2. The van der Waals surface area contributed by atoms with Crippen LogP contribution in [-0.2, 0) is 32.3 Å². The second-order valence-electron chi connectivity index (χ2n) is 10.6. The largest absolute Gasteiger partial charge is 0.475 e. The van der Waals surface area contributed by atoms with Gasteiger partial charge in [-0.3, -0.25) is 42.3 Å². The van der Waals surface area contributed by atoms with Crippen molar-refractivity contribution in [3.05, 3.63) is 65.2 Å². The highest BCUT2D eigenvalue weighted by molar-refractivity contribution is 7.48. The average molecular weight is 600 g/mol. The Labute approximate surface area is 230 Å². The molecular weight excluding hydrogens is 571 g/mol. The van der Waals surface area contributed by atoms with Crippen LogP contribution < -0.4 is 22.5 Å². The third-order valence-electron chi connectivity index (χ3n) is 7.78. The summed E-state index contributed by atoms with van der Waals surface area (Å²) in [6.45, 7) is 2.16. The summed E-state index contributed by atoms with van der Waals surface area (Å²) in [5.41, 5.74) is -3.61. The highest BCUT2D eigenvalue weighted by Gasteiger charge is 2.65. The smallest absolute Gasteiger partial charge is 0.393 e. The molecule has 224 valence electrons. The van der Waals surface area contributed by atoms with E-state index in [0.717, 1.165) is 9.13 Å². The van der Waals surface area contributed by atoms with E-state index in [2.05, 4.69) is 9.97 Å². The van der Waals surface area contributed by atoms with Crippen LogP contribution in [0.3, 0.4) is 0 Å². The van der Waals surface area contributed by atoms with Crippen molar-refractivity contribution in [3.63, 3.8) is 0 Å². The molecule has 2 bridgehead atoms. The number of ether oxygens (including phenoxy) is 3. The summed E-state index contributed by atoms with van der Waals surface area (Å²) in [6.07, 6.45) is -4.61. The fraction of sp³-hybridized carbons (Fsp3) is 0.652. The Hall–Kier alpha value is -2.73. The monoisotopic (exact) mass is 600 g/mol. The number of hydrogen-bond donors (Lipinski definition) is 4. The van der Waals surface area contributed by atoms with Crippen molar-refractivity contribution in [2.24, 2.45) is 0 Å². The lowest BCUT2D eigenvalue weighted by molar-refractivity contribution is -0.187. The van der Waals surface area contributed by atoms with Crippen molar-refractivity contribution in [1.82, 2.24) is 19.1 Å². The van der Waals surface area contributed by atoms with Crippen LogP contribution in [0.25, 0.3) is 0 Å². The molecule has 2 aromatic heterocycles. The Morgan fingerprint density at radius 3 is 2.41 bits per heavy atom. The molecule has 0 amide bonds. The molecular formula is C23H29N4O13P. The Morgan fingerprint density at radius 1 is 1.07 bits per heavy atom. The summed E-state index contributed by atoms with van der Waals surface area (Å²) in [7, 11) is -4.37. The van der Waals surface area contributed by atoms with E-state index in [-0.39, 0.29) is 37.2 Å². The number of aromatic amines is 2. The first-order valence-corrected chi connectivity index (χ1v) is 14.4. The number of nitrogens with one attached hydrogen (secondary N) is 2. The van der Waals surface area contributed by atoms with E-state index in [4.69, 9.17) is 27.8 Å². The van der Waals surface area contributed by atoms with Gasteiger partial charge in [-0.1, -0.05) is 0 Å². The summed E-state index contributed by atoms with van der Waals surface area (Å²) >= 11 is 0. The van der Waals surface area contributed by atoms with Crippen LogP contribution >= 0.6 is 7.82 Å². The number of nitrogens with zero attached hydrogens (tertiary/aromatic N) is 2. The molecule has 41 heavy (non-hydrogen) atoms. The lowest BCUT2D eigenvalue weighted by atomic mass is 10.0. The minimum Gasteiger partial charge on any atom is -0.393 e. The molecule has 17 nitrogen and oxygen atoms in total. The summed E-state index contributed by atoms with van der Waals surface area (Å²) in [4.78, 5) is 52.8. The van der Waals surface area contributed by atoms with Crippen LogP contribution in [0.5, 0.6) is 0 Å². The predicted octanol–water partition coefficient (Wildman–Crippen LogP) is -1.69. The van der Waals surface area contributed by atoms with Gasteiger partial charge in [0.1, 0.15) is 36.2 Å². The van der Waals surface area contributed by atoms with Gasteiger partial charge in [0.25, 0.3) is 11.1 Å². The zero-order valence-corrected chi connectivity index (χ0v) is 22.9. The molecule has 4 aliphatic rings. The number of aryl methyl sites for hydroxylation is 2. The number of rotatable bonds is 6. The highest BCUT2D eigenvalue weighted by atomic mass is 31.2. The molecule has 4 N–H and O–H groups in total. The molecule has 4 saturated heterocycles. The number of phosphoric acid groups is 1. The van der Waals surface area contributed by atoms with Crippen LogP contribution in [0, 0.1) is 13.8 Å². The normalized spacial score (nSPS) is 38.5. The Kier molecular flexibility index (Phi) is 7.08. The van der Waals surface area contributed by atoms with Gasteiger partial charge in [-0.2, -0.15) is 0 Å². The second kappa shape index (κ2) is 10.2. The molecule has 9 atom stereocenters. The molecule has 6 heterocycles. The Morgan fingerprint density at radius 2 is 1.73 bits per heavy atom. The van der Waals surface area contributed by atoms with Gasteiger partial charge < -0.3 is 24.4 Å². The fourth-order valence-electron chi connectivity index (χ4n) is 5.60. The maximum Gasteiger partial charge on any atom is 0.475 e. The number of fused-ring (bicyclic) bond motifs is 2. The summed E-state index contributed by atoms with van der Waals surface area (Å²) in [5, 5.41) is 21.0. The van der Waals surface area contributed by atoms with Gasteiger partial charge in [0.05, 0.1) is 25.9 Å². The van der Waals surface area contributed by atoms with E-state index in [9.17, 15) is 34.0 Å². The maximum absolute atomic E-state index is 13.7. The molecule has 2 aromatic rings. The summed E-state index contributed by atoms with van der Waals surface area (Å²) in [6, 6.07) is 0. The van der Waals surface area contributed by atoms with Crippen LogP contribution in [0.4, 0.5) is 0 Å². The molecule has 0 saturated carbocycles. The number of hydrogen-bond acceptors (Lipinski definition) is 13. The maximum atomic E-state index is 13.7. The molecule has 0 radical (unpaired) electrons. The molecule has 18 heteroatoms. The van der Waals surface area contributed by atoms with E-state index < -0.39 is 85.5 Å². The van der Waals surface area contributed by atoms with Gasteiger partial charge in [-0.25, -0.2) is 14.2 Å². The van der Waals surface area contributed by atoms with Gasteiger partial charge in [0.2, 0.25) is 0 Å².